The highest BCUT2D eigenvalue weighted by atomic mass is 16.1. The van der Waals surface area contributed by atoms with Gasteiger partial charge in [-0.3, -0.25) is 4.79 Å². The number of aromatic amines is 1. The zero-order chi connectivity index (χ0) is 11.5. The minimum atomic E-state index is 0.0386. The topological polar surface area (TPSA) is 57.8 Å². The highest BCUT2D eigenvalue weighted by molar-refractivity contribution is 5.77. The quantitative estimate of drug-likeness (QED) is 0.819. The van der Waals surface area contributed by atoms with Crippen molar-refractivity contribution < 1.29 is 4.79 Å². The molecule has 0 bridgehead atoms. The third kappa shape index (κ3) is 2.21. The van der Waals surface area contributed by atoms with Gasteiger partial charge in [-0.1, -0.05) is 6.07 Å². The normalized spacial score (nSPS) is 10.6. The van der Waals surface area contributed by atoms with Gasteiger partial charge >= 0.3 is 0 Å². The van der Waals surface area contributed by atoms with E-state index in [-0.39, 0.29) is 5.91 Å². The summed E-state index contributed by atoms with van der Waals surface area (Å²) in [6.45, 7) is 2.05. The van der Waals surface area contributed by atoms with Crippen molar-refractivity contribution in [3.05, 3.63) is 29.6 Å². The lowest BCUT2D eigenvalue weighted by atomic mass is 10.2. The van der Waals surface area contributed by atoms with E-state index in [1.807, 2.05) is 19.1 Å². The van der Waals surface area contributed by atoms with E-state index < -0.39 is 0 Å². The maximum absolute atomic E-state index is 11.1. The lowest BCUT2D eigenvalue weighted by Crippen LogP contribution is -2.18. The minimum Gasteiger partial charge on any atom is -0.359 e. The molecule has 0 aliphatic rings. The molecule has 0 fully saturated rings. The zero-order valence-corrected chi connectivity index (χ0v) is 9.50. The van der Waals surface area contributed by atoms with E-state index in [1.165, 1.54) is 5.56 Å². The fourth-order valence-electron chi connectivity index (χ4n) is 1.65. The first-order valence-corrected chi connectivity index (χ1v) is 5.35. The molecule has 0 saturated carbocycles. The summed E-state index contributed by atoms with van der Waals surface area (Å²) in [6.07, 6.45) is 1.11. The molecule has 2 aromatic rings. The number of benzene rings is 1. The second kappa shape index (κ2) is 4.35. The highest BCUT2D eigenvalue weighted by Gasteiger charge is 2.05. The number of hydrogen-bond acceptors (Lipinski definition) is 2. The number of imidazole rings is 1. The lowest BCUT2D eigenvalue weighted by Gasteiger charge is -1.95. The van der Waals surface area contributed by atoms with Crippen molar-refractivity contribution in [1.29, 1.82) is 0 Å². The van der Waals surface area contributed by atoms with Gasteiger partial charge in [0.15, 0.2) is 0 Å². The minimum absolute atomic E-state index is 0.0386. The number of H-pyrrole nitrogens is 1. The molecule has 0 spiro atoms. The summed E-state index contributed by atoms with van der Waals surface area (Å²) in [5.74, 6) is 0.904. The smallest absolute Gasteiger partial charge is 0.220 e. The molecule has 1 heterocycles. The second-order valence-electron chi connectivity index (χ2n) is 3.88. The Morgan fingerprint density at radius 1 is 1.50 bits per heavy atom. The summed E-state index contributed by atoms with van der Waals surface area (Å²) in [6, 6.07) is 6.09. The van der Waals surface area contributed by atoms with E-state index in [0.29, 0.717) is 12.8 Å². The number of carbonyl (C=O) groups is 1. The summed E-state index contributed by atoms with van der Waals surface area (Å²) < 4.78 is 0. The Hall–Kier alpha value is -1.84. The Labute approximate surface area is 94.1 Å². The molecule has 1 amide bonds. The van der Waals surface area contributed by atoms with Gasteiger partial charge in [-0.05, 0) is 24.6 Å². The molecule has 1 aromatic heterocycles. The molecule has 0 aliphatic carbocycles. The predicted octanol–water partition coefficient (Wildman–Crippen LogP) is 1.55. The molecule has 4 nitrogen and oxygen atoms in total. The first-order chi connectivity index (χ1) is 7.69. The van der Waals surface area contributed by atoms with E-state index in [2.05, 4.69) is 21.4 Å². The summed E-state index contributed by atoms with van der Waals surface area (Å²) in [4.78, 5) is 18.8. The third-order valence-corrected chi connectivity index (χ3v) is 2.55. The average Bonchev–Trinajstić information content (AvgIpc) is 2.67. The maximum Gasteiger partial charge on any atom is 0.220 e. The molecule has 0 atom stereocenters. The second-order valence-corrected chi connectivity index (χ2v) is 3.88. The number of nitrogens with one attached hydrogen (secondary N) is 2. The van der Waals surface area contributed by atoms with Gasteiger partial charge in [0.25, 0.3) is 0 Å². The van der Waals surface area contributed by atoms with E-state index >= 15 is 0 Å². The molecule has 16 heavy (non-hydrogen) atoms. The van der Waals surface area contributed by atoms with Crippen molar-refractivity contribution in [3.63, 3.8) is 0 Å². The van der Waals surface area contributed by atoms with Gasteiger partial charge in [-0.2, -0.15) is 0 Å². The Morgan fingerprint density at radius 3 is 3.06 bits per heavy atom. The molecular weight excluding hydrogens is 202 g/mol. The van der Waals surface area contributed by atoms with Crippen molar-refractivity contribution in [2.75, 3.05) is 7.05 Å². The van der Waals surface area contributed by atoms with E-state index in [0.717, 1.165) is 16.9 Å². The SMILES string of the molecule is CNC(=O)CCc1nc2ccc(C)cc2[nH]1. The average molecular weight is 217 g/mol. The first-order valence-electron chi connectivity index (χ1n) is 5.35. The first kappa shape index (κ1) is 10.7. The molecule has 2 rings (SSSR count). The van der Waals surface area contributed by atoms with E-state index in [1.54, 1.807) is 7.05 Å². The molecule has 0 radical (unpaired) electrons. The van der Waals surface area contributed by atoms with Crippen LogP contribution < -0.4 is 5.32 Å². The van der Waals surface area contributed by atoms with Gasteiger partial charge in [0.05, 0.1) is 11.0 Å². The molecular formula is C12H15N3O. The van der Waals surface area contributed by atoms with Crippen LogP contribution in [0.3, 0.4) is 0 Å². The van der Waals surface area contributed by atoms with Crippen molar-refractivity contribution in [3.8, 4) is 0 Å². The van der Waals surface area contributed by atoms with Crippen LogP contribution >= 0.6 is 0 Å². The molecule has 2 N–H and O–H groups in total. The Balaban J connectivity index is 2.16. The monoisotopic (exact) mass is 217 g/mol. The van der Waals surface area contributed by atoms with Crippen LogP contribution in [0.2, 0.25) is 0 Å². The number of rotatable bonds is 3. The van der Waals surface area contributed by atoms with Crippen LogP contribution in [0.15, 0.2) is 18.2 Å². The van der Waals surface area contributed by atoms with Crippen molar-refractivity contribution in [1.82, 2.24) is 15.3 Å². The predicted molar refractivity (Wildman–Crippen MR) is 63.2 cm³/mol. The van der Waals surface area contributed by atoms with Gasteiger partial charge in [-0.25, -0.2) is 4.98 Å². The standard InChI is InChI=1S/C12H15N3O/c1-8-3-4-9-10(7-8)15-11(14-9)5-6-12(16)13-2/h3-4,7H,5-6H2,1-2H3,(H,13,16)(H,14,15). The van der Waals surface area contributed by atoms with Crippen LogP contribution in [-0.4, -0.2) is 22.9 Å². The third-order valence-electron chi connectivity index (χ3n) is 2.55. The number of nitrogens with zero attached hydrogens (tertiary/aromatic N) is 1. The van der Waals surface area contributed by atoms with Gasteiger partial charge in [-0.15, -0.1) is 0 Å². The van der Waals surface area contributed by atoms with Crippen molar-refractivity contribution >= 4 is 16.9 Å². The number of fused-ring (bicyclic) bond motifs is 1. The van der Waals surface area contributed by atoms with E-state index in [9.17, 15) is 4.79 Å². The van der Waals surface area contributed by atoms with Gasteiger partial charge in [0, 0.05) is 19.9 Å². The summed E-state index contributed by atoms with van der Waals surface area (Å²) in [7, 11) is 1.64. The maximum atomic E-state index is 11.1. The molecule has 0 aliphatic heterocycles. The number of aryl methyl sites for hydroxylation is 2. The van der Waals surface area contributed by atoms with Crippen molar-refractivity contribution in [2.45, 2.75) is 19.8 Å². The van der Waals surface area contributed by atoms with Crippen LogP contribution in [0.4, 0.5) is 0 Å². The lowest BCUT2D eigenvalue weighted by molar-refractivity contribution is -0.120. The number of carbonyl (C=O) groups excluding carboxylic acids is 1. The molecule has 0 saturated heterocycles. The zero-order valence-electron chi connectivity index (χ0n) is 9.50. The fourth-order valence-corrected chi connectivity index (χ4v) is 1.65. The van der Waals surface area contributed by atoms with Gasteiger partial charge < -0.3 is 10.3 Å². The molecule has 4 heteroatoms. The van der Waals surface area contributed by atoms with Crippen LogP contribution in [0.1, 0.15) is 17.8 Å². The molecule has 0 unspecified atom stereocenters. The Bertz CT molecular complexity index is 516. The van der Waals surface area contributed by atoms with Crippen molar-refractivity contribution in [2.24, 2.45) is 0 Å². The Morgan fingerprint density at radius 2 is 2.31 bits per heavy atom. The summed E-state index contributed by atoms with van der Waals surface area (Å²) in [5, 5.41) is 2.60. The highest BCUT2D eigenvalue weighted by Crippen LogP contribution is 2.13. The van der Waals surface area contributed by atoms with Crippen LogP contribution in [0.25, 0.3) is 11.0 Å². The number of aromatic nitrogens is 2. The van der Waals surface area contributed by atoms with Crippen LogP contribution in [-0.2, 0) is 11.2 Å². The molecule has 84 valence electrons. The Kier molecular flexibility index (Phi) is 2.90. The fraction of sp³-hybridized carbons (Fsp3) is 0.333. The van der Waals surface area contributed by atoms with Gasteiger partial charge in [0.2, 0.25) is 5.91 Å². The number of hydrogen-bond donors (Lipinski definition) is 2. The van der Waals surface area contributed by atoms with Crippen LogP contribution in [0.5, 0.6) is 0 Å². The number of amides is 1. The van der Waals surface area contributed by atoms with Crippen LogP contribution in [0, 0.1) is 6.92 Å². The largest absolute Gasteiger partial charge is 0.359 e. The van der Waals surface area contributed by atoms with Gasteiger partial charge in [0.1, 0.15) is 5.82 Å². The summed E-state index contributed by atoms with van der Waals surface area (Å²) >= 11 is 0. The van der Waals surface area contributed by atoms with E-state index in [4.69, 9.17) is 0 Å². The summed E-state index contributed by atoms with van der Waals surface area (Å²) in [5.41, 5.74) is 3.19. The molecule has 1 aromatic carbocycles.